The summed E-state index contributed by atoms with van der Waals surface area (Å²) in [6.45, 7) is 4.09. The van der Waals surface area contributed by atoms with Gasteiger partial charge >= 0.3 is 0 Å². The van der Waals surface area contributed by atoms with Crippen LogP contribution in [0.4, 0.5) is 4.39 Å². The zero-order valence-corrected chi connectivity index (χ0v) is 11.0. The molecule has 1 aromatic rings. The number of halogens is 1. The van der Waals surface area contributed by atoms with Gasteiger partial charge in [-0.25, -0.2) is 4.39 Å². The van der Waals surface area contributed by atoms with Gasteiger partial charge in [0.25, 0.3) is 5.91 Å². The molecule has 2 rings (SSSR count). The Bertz CT molecular complexity index is 436. The summed E-state index contributed by atoms with van der Waals surface area (Å²) in [4.78, 5) is 12.0. The summed E-state index contributed by atoms with van der Waals surface area (Å²) in [5, 5.41) is 2.94. The van der Waals surface area contributed by atoms with E-state index in [4.69, 9.17) is 0 Å². The Kier molecular flexibility index (Phi) is 4.00. The van der Waals surface area contributed by atoms with Gasteiger partial charge in [0.2, 0.25) is 0 Å². The van der Waals surface area contributed by atoms with E-state index in [1.807, 2.05) is 6.92 Å². The predicted octanol–water partition coefficient (Wildman–Crippen LogP) is 3.44. The molecule has 1 aromatic carbocycles. The largest absolute Gasteiger partial charge is 0.349 e. The van der Waals surface area contributed by atoms with Crippen molar-refractivity contribution in [1.29, 1.82) is 0 Å². The molecule has 1 amide bonds. The normalized spacial score (nSPS) is 23.7. The molecule has 1 fully saturated rings. The van der Waals surface area contributed by atoms with Gasteiger partial charge in [0, 0.05) is 6.04 Å². The summed E-state index contributed by atoms with van der Waals surface area (Å²) in [7, 11) is 0. The summed E-state index contributed by atoms with van der Waals surface area (Å²) in [6.07, 6.45) is 4.28. The van der Waals surface area contributed by atoms with Gasteiger partial charge in [-0.15, -0.1) is 0 Å². The second-order valence-corrected chi connectivity index (χ2v) is 5.41. The van der Waals surface area contributed by atoms with E-state index in [9.17, 15) is 9.18 Å². The fourth-order valence-electron chi connectivity index (χ4n) is 2.48. The van der Waals surface area contributed by atoms with Crippen molar-refractivity contribution in [3.63, 3.8) is 0 Å². The van der Waals surface area contributed by atoms with Gasteiger partial charge in [-0.2, -0.15) is 0 Å². The third-order valence-corrected chi connectivity index (χ3v) is 3.72. The lowest BCUT2D eigenvalue weighted by atomic mass is 9.87. The van der Waals surface area contributed by atoms with Crippen molar-refractivity contribution in [2.45, 2.75) is 45.6 Å². The fraction of sp³-hybridized carbons (Fsp3) is 0.533. The van der Waals surface area contributed by atoms with Crippen LogP contribution in [0.3, 0.4) is 0 Å². The molecular formula is C15H20FNO. The number of carbonyl (C=O) groups is 1. The van der Waals surface area contributed by atoms with Crippen molar-refractivity contribution < 1.29 is 9.18 Å². The van der Waals surface area contributed by atoms with Crippen molar-refractivity contribution in [1.82, 2.24) is 5.32 Å². The molecule has 1 aliphatic rings. The van der Waals surface area contributed by atoms with E-state index < -0.39 is 5.82 Å². The third kappa shape index (κ3) is 3.09. The maximum absolute atomic E-state index is 13.6. The molecular weight excluding hydrogens is 229 g/mol. The van der Waals surface area contributed by atoms with Crippen molar-refractivity contribution in [3.8, 4) is 0 Å². The highest BCUT2D eigenvalue weighted by Crippen LogP contribution is 2.23. The van der Waals surface area contributed by atoms with Gasteiger partial charge in [0.1, 0.15) is 5.82 Å². The molecule has 0 saturated heterocycles. The summed E-state index contributed by atoms with van der Waals surface area (Å²) in [5.41, 5.74) is 1.06. The summed E-state index contributed by atoms with van der Waals surface area (Å²) >= 11 is 0. The number of benzene rings is 1. The Morgan fingerprint density at radius 2 is 1.94 bits per heavy atom. The molecule has 2 nitrogen and oxygen atoms in total. The molecule has 98 valence electrons. The van der Waals surface area contributed by atoms with Crippen LogP contribution in [0.1, 0.15) is 48.5 Å². The quantitative estimate of drug-likeness (QED) is 0.854. The smallest absolute Gasteiger partial charge is 0.254 e. The zero-order valence-electron chi connectivity index (χ0n) is 11.0. The van der Waals surface area contributed by atoms with Crippen LogP contribution in [-0.2, 0) is 0 Å². The Morgan fingerprint density at radius 3 is 2.61 bits per heavy atom. The first kappa shape index (κ1) is 13.1. The molecule has 0 aliphatic heterocycles. The predicted molar refractivity (Wildman–Crippen MR) is 70.0 cm³/mol. The van der Waals surface area contributed by atoms with E-state index >= 15 is 0 Å². The number of hydrogen-bond acceptors (Lipinski definition) is 1. The van der Waals surface area contributed by atoms with E-state index in [-0.39, 0.29) is 17.5 Å². The van der Waals surface area contributed by atoms with Gasteiger partial charge < -0.3 is 5.32 Å². The first-order valence-corrected chi connectivity index (χ1v) is 6.63. The first-order valence-electron chi connectivity index (χ1n) is 6.63. The van der Waals surface area contributed by atoms with Gasteiger partial charge in [-0.1, -0.05) is 18.6 Å². The average molecular weight is 249 g/mol. The number of amides is 1. The molecule has 0 bridgehead atoms. The lowest BCUT2D eigenvalue weighted by Crippen LogP contribution is -2.37. The van der Waals surface area contributed by atoms with E-state index in [0.29, 0.717) is 0 Å². The second kappa shape index (κ2) is 5.51. The van der Waals surface area contributed by atoms with Gasteiger partial charge in [0.15, 0.2) is 0 Å². The summed E-state index contributed by atoms with van der Waals surface area (Å²) < 4.78 is 13.6. The average Bonchev–Trinajstić information content (AvgIpc) is 2.35. The van der Waals surface area contributed by atoms with E-state index in [1.165, 1.54) is 6.07 Å². The molecule has 1 N–H and O–H groups in total. The molecule has 0 spiro atoms. The van der Waals surface area contributed by atoms with Crippen molar-refractivity contribution in [2.75, 3.05) is 0 Å². The molecule has 18 heavy (non-hydrogen) atoms. The van der Waals surface area contributed by atoms with Gasteiger partial charge in [-0.3, -0.25) is 4.79 Å². The monoisotopic (exact) mass is 249 g/mol. The zero-order chi connectivity index (χ0) is 13.1. The number of carbonyl (C=O) groups excluding carboxylic acids is 1. The fourth-order valence-corrected chi connectivity index (χ4v) is 2.48. The molecule has 1 aliphatic carbocycles. The number of rotatable bonds is 2. The molecule has 1 saturated carbocycles. The number of aryl methyl sites for hydroxylation is 1. The molecule has 0 atom stereocenters. The topological polar surface area (TPSA) is 29.1 Å². The van der Waals surface area contributed by atoms with E-state index in [2.05, 4.69) is 12.2 Å². The summed E-state index contributed by atoms with van der Waals surface area (Å²) in [5.74, 6) is 0.0203. The minimum absolute atomic E-state index is 0.161. The van der Waals surface area contributed by atoms with Gasteiger partial charge in [0.05, 0.1) is 5.56 Å². The summed E-state index contributed by atoms with van der Waals surface area (Å²) in [6, 6.07) is 4.84. The van der Waals surface area contributed by atoms with Crippen LogP contribution in [-0.4, -0.2) is 11.9 Å². The Hall–Kier alpha value is -1.38. The van der Waals surface area contributed by atoms with Crippen LogP contribution in [0.5, 0.6) is 0 Å². The van der Waals surface area contributed by atoms with E-state index in [0.717, 1.165) is 37.2 Å². The van der Waals surface area contributed by atoms with Crippen molar-refractivity contribution in [3.05, 3.63) is 35.1 Å². The molecule has 3 heteroatoms. The Morgan fingerprint density at radius 1 is 1.28 bits per heavy atom. The maximum atomic E-state index is 13.6. The molecule has 0 aromatic heterocycles. The highest BCUT2D eigenvalue weighted by Gasteiger charge is 2.21. The second-order valence-electron chi connectivity index (χ2n) is 5.41. The minimum Gasteiger partial charge on any atom is -0.349 e. The molecule has 0 radical (unpaired) electrons. The first-order chi connectivity index (χ1) is 8.56. The van der Waals surface area contributed by atoms with Gasteiger partial charge in [-0.05, 0) is 50.7 Å². The van der Waals surface area contributed by atoms with Crippen molar-refractivity contribution in [2.24, 2.45) is 5.92 Å². The molecule has 0 heterocycles. The maximum Gasteiger partial charge on any atom is 0.254 e. The standard InChI is InChI=1S/C15H20FNO/c1-10-3-6-12(7-4-10)17-15(18)13-9-11(2)5-8-14(13)16/h5,8-10,12H,3-4,6-7H2,1-2H3,(H,17,18). The lowest BCUT2D eigenvalue weighted by Gasteiger charge is -2.27. The van der Waals surface area contributed by atoms with E-state index in [1.54, 1.807) is 12.1 Å². The van der Waals surface area contributed by atoms with Crippen LogP contribution in [0.25, 0.3) is 0 Å². The van der Waals surface area contributed by atoms with Crippen LogP contribution < -0.4 is 5.32 Å². The lowest BCUT2D eigenvalue weighted by molar-refractivity contribution is 0.0919. The number of hydrogen-bond donors (Lipinski definition) is 1. The van der Waals surface area contributed by atoms with Crippen LogP contribution in [0.15, 0.2) is 18.2 Å². The SMILES string of the molecule is Cc1ccc(F)c(C(=O)NC2CCC(C)CC2)c1. The minimum atomic E-state index is -0.442. The van der Waals surface area contributed by atoms with Crippen LogP contribution in [0, 0.1) is 18.7 Å². The highest BCUT2D eigenvalue weighted by atomic mass is 19.1. The molecule has 0 unspecified atom stereocenters. The Labute approximate surface area is 108 Å². The highest BCUT2D eigenvalue weighted by molar-refractivity contribution is 5.94. The Balaban J connectivity index is 2.01. The van der Waals surface area contributed by atoms with Crippen molar-refractivity contribution >= 4 is 5.91 Å². The third-order valence-electron chi connectivity index (χ3n) is 3.72. The number of nitrogens with one attached hydrogen (secondary N) is 1. The van der Waals surface area contributed by atoms with Crippen LogP contribution >= 0.6 is 0 Å². The van der Waals surface area contributed by atoms with Crippen LogP contribution in [0.2, 0.25) is 0 Å².